The summed E-state index contributed by atoms with van der Waals surface area (Å²) in [6, 6.07) is 4.94. The average molecular weight is 350 g/mol. The molecule has 0 saturated heterocycles. The summed E-state index contributed by atoms with van der Waals surface area (Å²) in [7, 11) is -3.88. The van der Waals surface area contributed by atoms with Gasteiger partial charge in [0.15, 0.2) is 0 Å². The van der Waals surface area contributed by atoms with E-state index in [-0.39, 0.29) is 10.1 Å². The van der Waals surface area contributed by atoms with Crippen LogP contribution >= 0.6 is 0 Å². The second-order valence-electron chi connectivity index (χ2n) is 5.35. The van der Waals surface area contributed by atoms with Crippen molar-refractivity contribution in [3.8, 4) is 0 Å². The number of nitrogens with zero attached hydrogens (tertiary/aromatic N) is 4. The van der Waals surface area contributed by atoms with Gasteiger partial charge in [-0.15, -0.1) is 5.10 Å². The van der Waals surface area contributed by atoms with Gasteiger partial charge in [0, 0.05) is 13.1 Å². The first kappa shape index (κ1) is 18.1. The minimum atomic E-state index is -3.88. The number of rotatable bonds is 5. The van der Waals surface area contributed by atoms with Crippen molar-refractivity contribution in [1.29, 1.82) is 0 Å². The lowest BCUT2D eigenvalue weighted by atomic mass is 10.1. The predicted molar refractivity (Wildman–Crippen MR) is 89.7 cm³/mol. The van der Waals surface area contributed by atoms with Gasteiger partial charge in [0.2, 0.25) is 9.84 Å². The molecule has 2 aromatic rings. The van der Waals surface area contributed by atoms with E-state index in [0.717, 1.165) is 11.0 Å². The van der Waals surface area contributed by atoms with Crippen molar-refractivity contribution in [2.24, 2.45) is 0 Å². The van der Waals surface area contributed by atoms with E-state index >= 15 is 0 Å². The molecule has 0 spiro atoms. The molecule has 0 aliphatic carbocycles. The molecule has 0 unspecified atom stereocenters. The lowest BCUT2D eigenvalue weighted by Crippen LogP contribution is -2.34. The molecule has 0 saturated carbocycles. The monoisotopic (exact) mass is 350 g/mol. The molecule has 1 amide bonds. The second kappa shape index (κ2) is 7.12. The molecule has 0 aliphatic rings. The van der Waals surface area contributed by atoms with Gasteiger partial charge >= 0.3 is 6.03 Å². The number of hydrogen-bond donors (Lipinski definition) is 0. The normalized spacial score (nSPS) is 11.5. The first-order valence-electron chi connectivity index (χ1n) is 7.91. The van der Waals surface area contributed by atoms with E-state index < -0.39 is 15.9 Å². The third-order valence-corrected chi connectivity index (χ3v) is 5.67. The van der Waals surface area contributed by atoms with Crippen molar-refractivity contribution in [3.63, 3.8) is 0 Å². The molecule has 1 aromatic carbocycles. The zero-order valence-corrected chi connectivity index (χ0v) is 15.2. The molecule has 0 bridgehead atoms. The maximum atomic E-state index is 12.9. The summed E-state index contributed by atoms with van der Waals surface area (Å²) in [6.45, 7) is 8.34. The lowest BCUT2D eigenvalue weighted by molar-refractivity contribution is 0.201. The average Bonchev–Trinajstić information content (AvgIpc) is 3.06. The van der Waals surface area contributed by atoms with Crippen LogP contribution in [0.4, 0.5) is 4.79 Å². The molecule has 130 valence electrons. The number of benzene rings is 1. The molecule has 0 aliphatic heterocycles. The zero-order valence-electron chi connectivity index (χ0n) is 14.4. The number of aromatic nitrogens is 3. The molecule has 1 aromatic heterocycles. The fourth-order valence-corrected chi connectivity index (χ4v) is 4.18. The van der Waals surface area contributed by atoms with Crippen LogP contribution in [0.25, 0.3) is 0 Å². The van der Waals surface area contributed by atoms with E-state index in [1.54, 1.807) is 19.1 Å². The Hall–Kier alpha value is -2.22. The van der Waals surface area contributed by atoms with Gasteiger partial charge in [-0.2, -0.15) is 4.68 Å². The van der Waals surface area contributed by atoms with Gasteiger partial charge < -0.3 is 4.90 Å². The summed E-state index contributed by atoms with van der Waals surface area (Å²) in [4.78, 5) is 17.9. The highest BCUT2D eigenvalue weighted by molar-refractivity contribution is 7.91. The summed E-state index contributed by atoms with van der Waals surface area (Å²) in [6.07, 6.45) is 1.73. The molecule has 1 heterocycles. The maximum absolute atomic E-state index is 12.9. The van der Waals surface area contributed by atoms with Crippen molar-refractivity contribution in [3.05, 3.63) is 35.7 Å². The molecule has 0 N–H and O–H groups in total. The van der Waals surface area contributed by atoms with E-state index in [2.05, 4.69) is 10.1 Å². The highest BCUT2D eigenvalue weighted by Crippen LogP contribution is 2.25. The van der Waals surface area contributed by atoms with Crippen LogP contribution in [0, 0.1) is 6.92 Å². The first-order chi connectivity index (χ1) is 11.4. The van der Waals surface area contributed by atoms with Crippen LogP contribution in [-0.4, -0.2) is 47.2 Å². The van der Waals surface area contributed by atoms with Gasteiger partial charge in [-0.3, -0.25) is 0 Å². The topological polar surface area (TPSA) is 85.2 Å². The third-order valence-electron chi connectivity index (χ3n) is 3.88. The predicted octanol–water partition coefficient (Wildman–Crippen LogP) is 2.29. The Kier molecular flexibility index (Phi) is 5.38. The SMILES string of the molecule is CCc1cccc(C)c1S(=O)(=O)c1ncn(C(=O)N(CC)CC)n1. The molecule has 7 nitrogen and oxygen atoms in total. The van der Waals surface area contributed by atoms with Crippen molar-refractivity contribution < 1.29 is 13.2 Å². The van der Waals surface area contributed by atoms with Crippen LogP contribution in [-0.2, 0) is 16.3 Å². The van der Waals surface area contributed by atoms with Crippen LogP contribution in [0.15, 0.2) is 34.6 Å². The fraction of sp³-hybridized carbons (Fsp3) is 0.438. The lowest BCUT2D eigenvalue weighted by Gasteiger charge is -2.17. The van der Waals surface area contributed by atoms with Crippen LogP contribution in [0.5, 0.6) is 0 Å². The second-order valence-corrected chi connectivity index (χ2v) is 7.13. The third kappa shape index (κ3) is 3.19. The molecule has 2 rings (SSSR count). The number of amides is 1. The smallest absolute Gasteiger partial charge is 0.323 e. The van der Waals surface area contributed by atoms with Gasteiger partial charge in [-0.05, 0) is 38.3 Å². The van der Waals surface area contributed by atoms with Crippen LogP contribution in [0.2, 0.25) is 0 Å². The van der Waals surface area contributed by atoms with E-state index in [9.17, 15) is 13.2 Å². The number of carbonyl (C=O) groups excluding carboxylic acids is 1. The minimum Gasteiger partial charge on any atom is -0.323 e. The summed E-state index contributed by atoms with van der Waals surface area (Å²) in [5.74, 6) is 0. The number of hydrogen-bond acceptors (Lipinski definition) is 5. The van der Waals surface area contributed by atoms with Crippen LogP contribution < -0.4 is 0 Å². The summed E-state index contributed by atoms with van der Waals surface area (Å²) < 4.78 is 26.8. The first-order valence-corrected chi connectivity index (χ1v) is 9.39. The highest BCUT2D eigenvalue weighted by Gasteiger charge is 2.28. The van der Waals surface area contributed by atoms with E-state index in [1.165, 1.54) is 4.90 Å². The van der Waals surface area contributed by atoms with Crippen molar-refractivity contribution >= 4 is 15.9 Å². The van der Waals surface area contributed by atoms with Gasteiger partial charge in [0.1, 0.15) is 6.33 Å². The molecule has 0 fully saturated rings. The van der Waals surface area contributed by atoms with Crippen molar-refractivity contribution in [1.82, 2.24) is 19.7 Å². The van der Waals surface area contributed by atoms with Gasteiger partial charge in [0.05, 0.1) is 4.90 Å². The van der Waals surface area contributed by atoms with Crippen LogP contribution in [0.3, 0.4) is 0 Å². The standard InChI is InChI=1S/C16H22N4O3S/c1-5-13-10-8-9-12(4)14(13)24(22,23)15-17-11-20(18-15)16(21)19(6-2)7-3/h8-11H,5-7H2,1-4H3. The molecule has 24 heavy (non-hydrogen) atoms. The number of aryl methyl sites for hydroxylation is 2. The van der Waals surface area contributed by atoms with E-state index in [0.29, 0.717) is 30.6 Å². The quantitative estimate of drug-likeness (QED) is 0.826. The number of carbonyl (C=O) groups is 1. The zero-order chi connectivity index (χ0) is 17.9. The van der Waals surface area contributed by atoms with Crippen LogP contribution in [0.1, 0.15) is 31.9 Å². The molecule has 8 heteroatoms. The Bertz CT molecular complexity index is 839. The molecule has 0 radical (unpaired) electrons. The fourth-order valence-electron chi connectivity index (χ4n) is 2.57. The Labute approximate surface area is 142 Å². The largest absolute Gasteiger partial charge is 0.346 e. The Balaban J connectivity index is 2.48. The summed E-state index contributed by atoms with van der Waals surface area (Å²) in [5, 5.41) is 3.56. The summed E-state index contributed by atoms with van der Waals surface area (Å²) in [5.41, 5.74) is 1.35. The van der Waals surface area contributed by atoms with E-state index in [1.807, 2.05) is 26.8 Å². The van der Waals surface area contributed by atoms with Gasteiger partial charge in [-0.1, -0.05) is 25.1 Å². The Morgan fingerprint density at radius 2 is 1.88 bits per heavy atom. The summed E-state index contributed by atoms with van der Waals surface area (Å²) >= 11 is 0. The highest BCUT2D eigenvalue weighted by atomic mass is 32.2. The number of sulfone groups is 1. The van der Waals surface area contributed by atoms with Crippen molar-refractivity contribution in [2.75, 3.05) is 13.1 Å². The molecular weight excluding hydrogens is 328 g/mol. The Morgan fingerprint density at radius 3 is 2.46 bits per heavy atom. The van der Waals surface area contributed by atoms with Gasteiger partial charge in [-0.25, -0.2) is 18.2 Å². The van der Waals surface area contributed by atoms with Gasteiger partial charge in [0.25, 0.3) is 5.16 Å². The Morgan fingerprint density at radius 1 is 1.21 bits per heavy atom. The minimum absolute atomic E-state index is 0.223. The van der Waals surface area contributed by atoms with E-state index in [4.69, 9.17) is 0 Å². The molecule has 0 atom stereocenters. The molecular formula is C16H22N4O3S. The van der Waals surface area contributed by atoms with Crippen molar-refractivity contribution in [2.45, 2.75) is 44.2 Å². The maximum Gasteiger partial charge on any atom is 0.346 e.